The quantitative estimate of drug-likeness (QED) is 0.607. The van der Waals surface area contributed by atoms with Gasteiger partial charge in [0.1, 0.15) is 5.52 Å². The van der Waals surface area contributed by atoms with E-state index >= 15 is 0 Å². The minimum Gasteiger partial charge on any atom is -0.287 e. The van der Waals surface area contributed by atoms with Crippen molar-refractivity contribution in [1.29, 1.82) is 0 Å². The summed E-state index contributed by atoms with van der Waals surface area (Å²) in [7, 11) is 0. The maximum absolute atomic E-state index is 12.5. The van der Waals surface area contributed by atoms with Gasteiger partial charge < -0.3 is 0 Å². The van der Waals surface area contributed by atoms with Crippen LogP contribution in [0.2, 0.25) is 5.02 Å². The Bertz CT molecular complexity index is 877. The smallest absolute Gasteiger partial charge is 0.212 e. The number of pyridine rings is 1. The van der Waals surface area contributed by atoms with Gasteiger partial charge in [-0.15, -0.1) is 0 Å². The second kappa shape index (κ2) is 4.58. The van der Waals surface area contributed by atoms with Gasteiger partial charge in [0.05, 0.1) is 0 Å². The van der Waals surface area contributed by atoms with E-state index in [9.17, 15) is 4.79 Å². The number of fused-ring (bicyclic) bond motifs is 2. The Morgan fingerprint density at radius 2 is 1.95 bits per heavy atom. The van der Waals surface area contributed by atoms with E-state index in [-0.39, 0.29) is 5.43 Å². The summed E-state index contributed by atoms with van der Waals surface area (Å²) >= 11 is 9.40. The van der Waals surface area contributed by atoms with Crippen LogP contribution in [0.15, 0.2) is 45.8 Å². The van der Waals surface area contributed by atoms with Crippen molar-refractivity contribution in [3.63, 3.8) is 0 Å². The van der Waals surface area contributed by atoms with Crippen LogP contribution in [0.4, 0.5) is 0 Å². The van der Waals surface area contributed by atoms with Gasteiger partial charge in [0.2, 0.25) is 5.43 Å². The van der Waals surface area contributed by atoms with Gasteiger partial charge in [-0.2, -0.15) is 0 Å². The normalized spacial score (nSPS) is 11.1. The Hall–Kier alpha value is -1.45. The molecule has 0 aliphatic carbocycles. The Labute approximate surface area is 123 Å². The third kappa shape index (κ3) is 2.13. The topological polar surface area (TPSA) is 30.0 Å². The molecule has 94 valence electrons. The Morgan fingerprint density at radius 3 is 2.74 bits per heavy atom. The molecule has 0 saturated carbocycles. The van der Waals surface area contributed by atoms with Crippen LogP contribution in [0.5, 0.6) is 0 Å². The van der Waals surface area contributed by atoms with E-state index in [0.717, 1.165) is 20.8 Å². The van der Waals surface area contributed by atoms with Crippen molar-refractivity contribution in [2.45, 2.75) is 6.92 Å². The minimum atomic E-state index is -0.0673. The molecule has 4 heteroatoms. The molecule has 0 N–H and O–H groups in total. The number of hydrogen-bond donors (Lipinski definition) is 0. The fourth-order valence-electron chi connectivity index (χ4n) is 2.23. The lowest BCUT2D eigenvalue weighted by molar-refractivity contribution is 1.38. The zero-order chi connectivity index (χ0) is 13.6. The van der Waals surface area contributed by atoms with E-state index in [1.807, 2.05) is 25.1 Å². The van der Waals surface area contributed by atoms with Gasteiger partial charge >= 0.3 is 0 Å². The molecule has 0 atom stereocenters. The summed E-state index contributed by atoms with van der Waals surface area (Å²) in [6.07, 6.45) is 1.64. The van der Waals surface area contributed by atoms with Gasteiger partial charge in [-0.3, -0.25) is 9.78 Å². The van der Waals surface area contributed by atoms with Crippen LogP contribution in [-0.2, 0) is 0 Å². The summed E-state index contributed by atoms with van der Waals surface area (Å²) in [6.45, 7) is 1.97. The number of aromatic nitrogens is 1. The molecule has 0 fully saturated rings. The van der Waals surface area contributed by atoms with E-state index in [2.05, 4.69) is 20.9 Å². The zero-order valence-corrected chi connectivity index (χ0v) is 12.4. The summed E-state index contributed by atoms with van der Waals surface area (Å²) in [5.74, 6) is 0. The molecule has 0 bridgehead atoms. The van der Waals surface area contributed by atoms with Crippen molar-refractivity contribution in [2.24, 2.45) is 0 Å². The third-order valence-electron chi connectivity index (χ3n) is 3.12. The van der Waals surface area contributed by atoms with Crippen LogP contribution < -0.4 is 5.43 Å². The Balaban J connectivity index is 2.66. The first kappa shape index (κ1) is 12.6. The molecule has 0 aliphatic heterocycles. The molecule has 0 spiro atoms. The maximum atomic E-state index is 12.5. The summed E-state index contributed by atoms with van der Waals surface area (Å²) in [6, 6.07) is 9.18. The van der Waals surface area contributed by atoms with Crippen molar-refractivity contribution in [1.82, 2.24) is 4.98 Å². The molecule has 0 unspecified atom stereocenters. The van der Waals surface area contributed by atoms with Crippen molar-refractivity contribution in [3.05, 3.63) is 61.8 Å². The lowest BCUT2D eigenvalue weighted by atomic mass is 10.1. The van der Waals surface area contributed by atoms with Crippen molar-refractivity contribution in [3.8, 4) is 0 Å². The Morgan fingerprint density at radius 1 is 1.16 bits per heavy atom. The highest BCUT2D eigenvalue weighted by molar-refractivity contribution is 9.10. The summed E-state index contributed by atoms with van der Waals surface area (Å²) in [5.41, 5.74) is 1.41. The van der Waals surface area contributed by atoms with E-state index in [1.165, 1.54) is 0 Å². The van der Waals surface area contributed by atoms with Crippen LogP contribution in [0.25, 0.3) is 21.7 Å². The number of halogens is 2. The molecule has 3 aromatic rings. The molecular formula is C15H9BrClNO. The molecule has 19 heavy (non-hydrogen) atoms. The van der Waals surface area contributed by atoms with E-state index in [4.69, 9.17) is 11.6 Å². The number of benzene rings is 1. The molecular weight excluding hydrogens is 326 g/mol. The molecule has 0 aliphatic rings. The average Bonchev–Trinajstić information content (AvgIpc) is 2.46. The highest BCUT2D eigenvalue weighted by atomic mass is 79.9. The molecule has 0 radical (unpaired) electrons. The summed E-state index contributed by atoms with van der Waals surface area (Å²) in [5, 5.41) is 2.96. The standard InChI is InChI=1S/C15H9BrClNO/c1-8-4-9-5-10(16)7-18-14(9)15(19)12-3-2-11(17)6-13(8)12/h2-7H,1H3. The van der Waals surface area contributed by atoms with Crippen LogP contribution in [0.1, 0.15) is 5.56 Å². The lowest BCUT2D eigenvalue weighted by Gasteiger charge is -1.96. The largest absolute Gasteiger partial charge is 0.287 e. The highest BCUT2D eigenvalue weighted by Crippen LogP contribution is 2.23. The Kier molecular flexibility index (Phi) is 3.03. The molecule has 3 rings (SSSR count). The van der Waals surface area contributed by atoms with E-state index in [0.29, 0.717) is 15.9 Å². The summed E-state index contributed by atoms with van der Waals surface area (Å²) in [4.78, 5) is 16.8. The van der Waals surface area contributed by atoms with Crippen LogP contribution in [0.3, 0.4) is 0 Å². The monoisotopic (exact) mass is 333 g/mol. The van der Waals surface area contributed by atoms with E-state index < -0.39 is 0 Å². The van der Waals surface area contributed by atoms with Crippen molar-refractivity contribution < 1.29 is 0 Å². The minimum absolute atomic E-state index is 0.0673. The summed E-state index contributed by atoms with van der Waals surface area (Å²) < 4.78 is 0.854. The second-order valence-corrected chi connectivity index (χ2v) is 5.79. The van der Waals surface area contributed by atoms with Gasteiger partial charge in [0.25, 0.3) is 0 Å². The first-order valence-corrected chi connectivity index (χ1v) is 6.92. The van der Waals surface area contributed by atoms with Gasteiger partial charge in [-0.1, -0.05) is 11.6 Å². The second-order valence-electron chi connectivity index (χ2n) is 4.44. The number of rotatable bonds is 0. The van der Waals surface area contributed by atoms with E-state index in [1.54, 1.807) is 18.3 Å². The molecule has 1 heterocycles. The third-order valence-corrected chi connectivity index (χ3v) is 3.79. The first-order valence-electron chi connectivity index (χ1n) is 5.75. The SMILES string of the molecule is Cc1cc2cc(Br)cnc2c(=O)c2ccc(Cl)cc12. The highest BCUT2D eigenvalue weighted by Gasteiger charge is 2.07. The van der Waals surface area contributed by atoms with Gasteiger partial charge in [-0.25, -0.2) is 0 Å². The van der Waals surface area contributed by atoms with Gasteiger partial charge in [0, 0.05) is 26.5 Å². The average molecular weight is 335 g/mol. The van der Waals surface area contributed by atoms with Crippen LogP contribution in [-0.4, -0.2) is 4.98 Å². The zero-order valence-electron chi connectivity index (χ0n) is 10.1. The maximum Gasteiger partial charge on any atom is 0.212 e. The number of nitrogens with zero attached hydrogens (tertiary/aromatic N) is 1. The predicted octanol–water partition coefficient (Wildman–Crippen LogP) is 4.47. The number of hydrogen-bond acceptors (Lipinski definition) is 2. The predicted molar refractivity (Wildman–Crippen MR) is 83.0 cm³/mol. The molecule has 2 nitrogen and oxygen atoms in total. The molecule has 0 amide bonds. The van der Waals surface area contributed by atoms with Crippen molar-refractivity contribution in [2.75, 3.05) is 0 Å². The van der Waals surface area contributed by atoms with Gasteiger partial charge in [0.15, 0.2) is 0 Å². The van der Waals surface area contributed by atoms with Gasteiger partial charge in [-0.05, 0) is 64.1 Å². The fraction of sp³-hybridized carbons (Fsp3) is 0.0667. The fourth-order valence-corrected chi connectivity index (χ4v) is 2.76. The molecule has 0 saturated heterocycles. The molecule has 2 aromatic carbocycles. The van der Waals surface area contributed by atoms with Crippen LogP contribution in [0, 0.1) is 6.92 Å². The van der Waals surface area contributed by atoms with Crippen molar-refractivity contribution >= 4 is 49.2 Å². The number of aryl methyl sites for hydroxylation is 1. The lowest BCUT2D eigenvalue weighted by Crippen LogP contribution is -2.00. The molecule has 1 aromatic heterocycles. The first-order chi connectivity index (χ1) is 9.06. The van der Waals surface area contributed by atoms with Crippen LogP contribution >= 0.6 is 27.5 Å².